The standard InChI is InChI=1S/C32H31N3O9S/c1-5-15(6-2)34-32(45)35-33-11-14-9-13-7-8-16-21(19(13)27(39)20(14)31(42)43)28(40)23-24(30(16)44-4)29(41)22-17(26(23)38)10-18(36)12(3)25(22)37/h9-11,15,36-37,39-40H,5-8H2,1-4H3,(H,42,43)(H2,34,35,45)/b33-11+. The van der Waals surface area contributed by atoms with Crippen LogP contribution >= 0.6 is 12.2 Å². The van der Waals surface area contributed by atoms with E-state index in [-0.39, 0.29) is 74.3 Å². The van der Waals surface area contributed by atoms with Crippen LogP contribution in [0.1, 0.15) is 91.1 Å². The van der Waals surface area contributed by atoms with Crippen LogP contribution in [-0.4, -0.2) is 67.5 Å². The molecule has 0 amide bonds. The Morgan fingerprint density at radius 1 is 0.978 bits per heavy atom. The van der Waals surface area contributed by atoms with Crippen molar-refractivity contribution in [2.24, 2.45) is 5.10 Å². The number of hydrazone groups is 1. The molecule has 3 aromatic carbocycles. The monoisotopic (exact) mass is 633 g/mol. The molecule has 0 aromatic heterocycles. The number of carboxylic acids is 1. The van der Waals surface area contributed by atoms with Crippen LogP contribution in [0.3, 0.4) is 0 Å². The number of hydrogen-bond acceptors (Lipinski definition) is 10. The predicted molar refractivity (Wildman–Crippen MR) is 168 cm³/mol. The fourth-order valence-electron chi connectivity index (χ4n) is 6.04. The number of nitrogens with one attached hydrogen (secondary N) is 2. The number of phenolic OH excluding ortho intramolecular Hbond substituents is 3. The smallest absolute Gasteiger partial charge is 0.340 e. The van der Waals surface area contributed by atoms with Crippen LogP contribution in [0.2, 0.25) is 0 Å². The molecule has 0 heterocycles. The van der Waals surface area contributed by atoms with E-state index in [0.717, 1.165) is 18.9 Å². The molecule has 2 aliphatic rings. The van der Waals surface area contributed by atoms with Crippen LogP contribution in [0.25, 0.3) is 11.1 Å². The molecule has 7 N–H and O–H groups in total. The molecule has 234 valence electrons. The lowest BCUT2D eigenvalue weighted by atomic mass is 9.74. The van der Waals surface area contributed by atoms with Crippen LogP contribution in [0, 0.1) is 6.92 Å². The van der Waals surface area contributed by atoms with Crippen LogP contribution in [0.15, 0.2) is 17.2 Å². The number of carboxylic acid groups (broad SMARTS) is 1. The summed E-state index contributed by atoms with van der Waals surface area (Å²) in [4.78, 5) is 39.9. The quantitative estimate of drug-likeness (QED) is 0.0877. The third kappa shape index (κ3) is 4.89. The van der Waals surface area contributed by atoms with Gasteiger partial charge in [-0.1, -0.05) is 13.8 Å². The summed E-state index contributed by atoms with van der Waals surface area (Å²) in [5, 5.41) is 61.5. The summed E-state index contributed by atoms with van der Waals surface area (Å²) in [6.45, 7) is 5.40. The number of aromatic carboxylic acids is 1. The minimum Gasteiger partial charge on any atom is -0.508 e. The molecule has 0 atom stereocenters. The van der Waals surface area contributed by atoms with Crippen molar-refractivity contribution >= 4 is 41.1 Å². The van der Waals surface area contributed by atoms with E-state index in [1.54, 1.807) is 0 Å². The maximum absolute atomic E-state index is 13.8. The van der Waals surface area contributed by atoms with Crippen LogP contribution in [0.4, 0.5) is 0 Å². The van der Waals surface area contributed by atoms with Gasteiger partial charge >= 0.3 is 5.97 Å². The third-order valence-corrected chi connectivity index (χ3v) is 8.60. The topological polar surface area (TPSA) is 198 Å². The van der Waals surface area contributed by atoms with Crippen LogP contribution < -0.4 is 15.5 Å². The second-order valence-electron chi connectivity index (χ2n) is 10.8. The van der Waals surface area contributed by atoms with E-state index in [1.165, 1.54) is 26.3 Å². The van der Waals surface area contributed by atoms with Gasteiger partial charge in [0.15, 0.2) is 10.9 Å². The van der Waals surface area contributed by atoms with Gasteiger partial charge in [-0.25, -0.2) is 4.79 Å². The molecule has 0 aliphatic heterocycles. The van der Waals surface area contributed by atoms with Gasteiger partial charge in [0.1, 0.15) is 34.3 Å². The first-order chi connectivity index (χ1) is 21.4. The number of aromatic hydroxyl groups is 4. The summed E-state index contributed by atoms with van der Waals surface area (Å²) in [5.41, 5.74) is 1.42. The summed E-state index contributed by atoms with van der Waals surface area (Å²) in [6, 6.07) is 2.68. The highest BCUT2D eigenvalue weighted by molar-refractivity contribution is 7.80. The number of aryl methyl sites for hydroxylation is 1. The maximum atomic E-state index is 13.8. The predicted octanol–water partition coefficient (Wildman–Crippen LogP) is 4.05. The molecule has 0 bridgehead atoms. The van der Waals surface area contributed by atoms with Crippen molar-refractivity contribution in [3.8, 4) is 39.9 Å². The van der Waals surface area contributed by atoms with Gasteiger partial charge in [-0.05, 0) is 62.5 Å². The van der Waals surface area contributed by atoms with E-state index >= 15 is 0 Å². The molecular weight excluding hydrogens is 602 g/mol. The Morgan fingerprint density at radius 2 is 1.67 bits per heavy atom. The molecule has 13 heteroatoms. The average molecular weight is 634 g/mol. The lowest BCUT2D eigenvalue weighted by Crippen LogP contribution is -2.39. The number of phenols is 4. The molecule has 0 radical (unpaired) electrons. The molecule has 5 rings (SSSR count). The van der Waals surface area contributed by atoms with E-state index in [0.29, 0.717) is 5.56 Å². The zero-order chi connectivity index (χ0) is 32.9. The first-order valence-corrected chi connectivity index (χ1v) is 14.6. The molecular formula is C32H31N3O9S. The van der Waals surface area contributed by atoms with Gasteiger partial charge in [-0.3, -0.25) is 15.0 Å². The molecule has 0 fully saturated rings. The number of benzene rings is 3. The Kier molecular flexibility index (Phi) is 8.15. The SMILES string of the molecule is CCC(CC)NC(=S)N/N=C/c1cc2c(c(O)c1C(=O)O)-c1c(O)c3c(c(OC)c1CC2)C(=O)c1c(cc(O)c(C)c1O)C3=O. The number of carbonyl (C=O) groups is 3. The normalized spacial score (nSPS) is 13.3. The Hall–Kier alpha value is -5.17. The molecule has 0 saturated heterocycles. The van der Waals surface area contributed by atoms with Crippen molar-refractivity contribution in [3.63, 3.8) is 0 Å². The Bertz CT molecular complexity index is 1860. The second kappa shape index (κ2) is 11.7. The number of nitrogens with zero attached hydrogens (tertiary/aromatic N) is 1. The zero-order valence-electron chi connectivity index (χ0n) is 24.9. The van der Waals surface area contributed by atoms with Gasteiger partial charge < -0.3 is 35.6 Å². The minimum absolute atomic E-state index is 0.00158. The second-order valence-corrected chi connectivity index (χ2v) is 11.2. The van der Waals surface area contributed by atoms with Crippen molar-refractivity contribution in [2.45, 2.75) is 52.5 Å². The summed E-state index contributed by atoms with van der Waals surface area (Å²) in [5.74, 6) is -5.55. The number of ether oxygens (including phenoxy) is 1. The van der Waals surface area contributed by atoms with Crippen LogP contribution in [0.5, 0.6) is 28.7 Å². The van der Waals surface area contributed by atoms with E-state index in [4.69, 9.17) is 17.0 Å². The van der Waals surface area contributed by atoms with Crippen molar-refractivity contribution < 1.29 is 44.7 Å². The minimum atomic E-state index is -1.48. The highest BCUT2D eigenvalue weighted by atomic mass is 32.1. The number of methoxy groups -OCH3 is 1. The zero-order valence-corrected chi connectivity index (χ0v) is 25.7. The van der Waals surface area contributed by atoms with Crippen molar-refractivity contribution in [1.29, 1.82) is 0 Å². The lowest BCUT2D eigenvalue weighted by molar-refractivity contribution is 0.0693. The molecule has 3 aromatic rings. The number of rotatable bonds is 7. The summed E-state index contributed by atoms with van der Waals surface area (Å²) in [6.07, 6.45) is 3.31. The van der Waals surface area contributed by atoms with Crippen molar-refractivity contribution in [3.05, 3.63) is 62.2 Å². The Morgan fingerprint density at radius 3 is 2.29 bits per heavy atom. The van der Waals surface area contributed by atoms with E-state index < -0.39 is 51.7 Å². The first-order valence-electron chi connectivity index (χ1n) is 14.2. The van der Waals surface area contributed by atoms with Crippen LogP contribution in [-0.2, 0) is 12.8 Å². The van der Waals surface area contributed by atoms with Gasteiger partial charge in [0.25, 0.3) is 0 Å². The van der Waals surface area contributed by atoms with Crippen molar-refractivity contribution in [2.75, 3.05) is 7.11 Å². The molecule has 0 saturated carbocycles. The fraction of sp³-hybridized carbons (Fsp3) is 0.281. The number of thiocarbonyl (C=S) groups is 1. The number of ketones is 2. The van der Waals surface area contributed by atoms with Gasteiger partial charge in [0.05, 0.1) is 30.0 Å². The molecule has 0 spiro atoms. The Labute approximate surface area is 263 Å². The van der Waals surface area contributed by atoms with E-state index in [1.807, 2.05) is 13.8 Å². The highest BCUT2D eigenvalue weighted by Gasteiger charge is 2.42. The summed E-state index contributed by atoms with van der Waals surface area (Å²) < 4.78 is 5.61. The van der Waals surface area contributed by atoms with Gasteiger partial charge in [-0.15, -0.1) is 0 Å². The van der Waals surface area contributed by atoms with E-state index in [2.05, 4.69) is 15.8 Å². The number of carbonyl (C=O) groups excluding carboxylic acids is 2. The molecule has 2 aliphatic carbocycles. The average Bonchev–Trinajstić information content (AvgIpc) is 3.00. The third-order valence-electron chi connectivity index (χ3n) is 8.39. The van der Waals surface area contributed by atoms with Gasteiger partial charge in [0.2, 0.25) is 5.78 Å². The van der Waals surface area contributed by atoms with E-state index in [9.17, 15) is 39.9 Å². The molecule has 0 unspecified atom stereocenters. The number of hydrogen-bond donors (Lipinski definition) is 7. The fourth-order valence-corrected chi connectivity index (χ4v) is 6.26. The summed E-state index contributed by atoms with van der Waals surface area (Å²) in [7, 11) is 1.27. The summed E-state index contributed by atoms with van der Waals surface area (Å²) >= 11 is 5.26. The lowest BCUT2D eigenvalue weighted by Gasteiger charge is -2.30. The molecule has 12 nitrogen and oxygen atoms in total. The maximum Gasteiger partial charge on any atom is 0.340 e. The highest BCUT2D eigenvalue weighted by Crippen LogP contribution is 2.54. The molecule has 45 heavy (non-hydrogen) atoms. The van der Waals surface area contributed by atoms with Crippen molar-refractivity contribution in [1.82, 2.24) is 10.7 Å². The van der Waals surface area contributed by atoms with Gasteiger partial charge in [0, 0.05) is 39.4 Å². The Balaban J connectivity index is 1.68. The largest absolute Gasteiger partial charge is 0.508 e. The number of fused-ring (bicyclic) bond motifs is 5. The first kappa shape index (κ1) is 31.3. The van der Waals surface area contributed by atoms with Gasteiger partial charge in [-0.2, -0.15) is 5.10 Å².